The van der Waals surface area contributed by atoms with Crippen LogP contribution in [0.15, 0.2) is 17.4 Å². The maximum atomic E-state index is 11.9. The van der Waals surface area contributed by atoms with Crippen LogP contribution in [0.4, 0.5) is 5.82 Å². The van der Waals surface area contributed by atoms with Gasteiger partial charge in [-0.3, -0.25) is 4.79 Å². The SMILES string of the molecule is O=c1[nH]cnc2c1CCN(c1ncnc3sc4c(c13)CCCC4)C2. The van der Waals surface area contributed by atoms with Crippen molar-refractivity contribution >= 4 is 27.4 Å². The number of thiophene rings is 1. The Morgan fingerprint density at radius 1 is 1.08 bits per heavy atom. The second-order valence-electron chi connectivity index (χ2n) is 6.42. The third-order valence-electron chi connectivity index (χ3n) is 5.04. The second-order valence-corrected chi connectivity index (χ2v) is 7.50. The fourth-order valence-corrected chi connectivity index (χ4v) is 5.08. The number of H-pyrrole nitrogens is 1. The maximum Gasteiger partial charge on any atom is 0.254 e. The van der Waals surface area contributed by atoms with E-state index in [4.69, 9.17) is 0 Å². The second kappa shape index (κ2) is 5.37. The predicted octanol–water partition coefficient (Wildman–Crippen LogP) is 2.22. The fourth-order valence-electron chi connectivity index (χ4n) is 3.86. The van der Waals surface area contributed by atoms with E-state index in [2.05, 4.69) is 24.8 Å². The minimum Gasteiger partial charge on any atom is -0.350 e. The van der Waals surface area contributed by atoms with Crippen LogP contribution in [0.25, 0.3) is 10.2 Å². The molecule has 0 saturated carbocycles. The molecule has 3 aromatic heterocycles. The van der Waals surface area contributed by atoms with Gasteiger partial charge in [-0.2, -0.15) is 0 Å². The lowest BCUT2D eigenvalue weighted by atomic mass is 9.96. The molecule has 24 heavy (non-hydrogen) atoms. The summed E-state index contributed by atoms with van der Waals surface area (Å²) >= 11 is 1.82. The van der Waals surface area contributed by atoms with Crippen LogP contribution in [0.1, 0.15) is 34.5 Å². The summed E-state index contributed by atoms with van der Waals surface area (Å²) in [5.74, 6) is 1.01. The van der Waals surface area contributed by atoms with E-state index in [0.717, 1.165) is 41.3 Å². The van der Waals surface area contributed by atoms with E-state index < -0.39 is 0 Å². The van der Waals surface area contributed by atoms with Gasteiger partial charge in [-0.15, -0.1) is 11.3 Å². The molecule has 4 heterocycles. The molecule has 1 aliphatic heterocycles. The van der Waals surface area contributed by atoms with Crippen LogP contribution in [0.5, 0.6) is 0 Å². The molecule has 3 aromatic rings. The quantitative estimate of drug-likeness (QED) is 0.736. The number of nitrogens with one attached hydrogen (secondary N) is 1. The third-order valence-corrected chi connectivity index (χ3v) is 6.24. The van der Waals surface area contributed by atoms with Crippen molar-refractivity contribution in [2.75, 3.05) is 11.4 Å². The van der Waals surface area contributed by atoms with Gasteiger partial charge in [0.2, 0.25) is 0 Å². The lowest BCUT2D eigenvalue weighted by molar-refractivity contribution is 0.686. The van der Waals surface area contributed by atoms with Gasteiger partial charge >= 0.3 is 0 Å². The standard InChI is InChI=1S/C17H17N5OS/c23-16-10-5-6-22(7-12(10)18-8-20-16)15-14-11-3-1-2-4-13(11)24-17(14)21-9-19-15/h8-9H,1-7H2,(H,18,20,23). The minimum atomic E-state index is -0.0135. The third kappa shape index (κ3) is 2.07. The van der Waals surface area contributed by atoms with Gasteiger partial charge in [0.1, 0.15) is 17.0 Å². The van der Waals surface area contributed by atoms with Crippen molar-refractivity contribution < 1.29 is 0 Å². The van der Waals surface area contributed by atoms with Gasteiger partial charge in [-0.1, -0.05) is 0 Å². The number of fused-ring (bicyclic) bond motifs is 4. The Kier molecular flexibility index (Phi) is 3.16. The monoisotopic (exact) mass is 339 g/mol. The predicted molar refractivity (Wildman–Crippen MR) is 93.7 cm³/mol. The lowest BCUT2D eigenvalue weighted by Crippen LogP contribution is -2.35. The normalized spacial score (nSPS) is 16.9. The molecule has 1 N–H and O–H groups in total. The largest absolute Gasteiger partial charge is 0.350 e. The van der Waals surface area contributed by atoms with Crippen molar-refractivity contribution in [3.63, 3.8) is 0 Å². The summed E-state index contributed by atoms with van der Waals surface area (Å²) in [5.41, 5.74) is 3.11. The molecule has 1 aliphatic carbocycles. The highest BCUT2D eigenvalue weighted by molar-refractivity contribution is 7.19. The molecular weight excluding hydrogens is 322 g/mol. The molecule has 6 nitrogen and oxygen atoms in total. The summed E-state index contributed by atoms with van der Waals surface area (Å²) < 4.78 is 0. The number of aromatic amines is 1. The lowest BCUT2D eigenvalue weighted by Gasteiger charge is -2.29. The molecule has 0 amide bonds. The first kappa shape index (κ1) is 14.1. The summed E-state index contributed by atoms with van der Waals surface area (Å²) in [6.45, 7) is 1.43. The van der Waals surface area contributed by atoms with Gasteiger partial charge in [0.15, 0.2) is 0 Å². The Hall–Kier alpha value is -2.28. The molecule has 0 spiro atoms. The van der Waals surface area contributed by atoms with Crippen LogP contribution >= 0.6 is 11.3 Å². The topological polar surface area (TPSA) is 74.8 Å². The van der Waals surface area contributed by atoms with E-state index in [1.807, 2.05) is 11.3 Å². The van der Waals surface area contributed by atoms with Gasteiger partial charge in [0.25, 0.3) is 5.56 Å². The van der Waals surface area contributed by atoms with Gasteiger partial charge < -0.3 is 9.88 Å². The smallest absolute Gasteiger partial charge is 0.254 e. The number of aromatic nitrogens is 4. The number of aryl methyl sites for hydroxylation is 2. The number of rotatable bonds is 1. The molecule has 0 saturated heterocycles. The van der Waals surface area contributed by atoms with Crippen molar-refractivity contribution in [3.05, 3.63) is 44.7 Å². The highest BCUT2D eigenvalue weighted by Gasteiger charge is 2.26. The molecule has 122 valence electrons. The minimum absolute atomic E-state index is 0.0135. The van der Waals surface area contributed by atoms with E-state index in [1.165, 1.54) is 35.0 Å². The Morgan fingerprint density at radius 2 is 2.00 bits per heavy atom. The van der Waals surface area contributed by atoms with Gasteiger partial charge in [-0.05, 0) is 37.7 Å². The average Bonchev–Trinajstić information content (AvgIpc) is 3.00. The number of hydrogen-bond donors (Lipinski definition) is 1. The highest BCUT2D eigenvalue weighted by Crippen LogP contribution is 2.39. The average molecular weight is 339 g/mol. The van der Waals surface area contributed by atoms with E-state index in [-0.39, 0.29) is 5.56 Å². The number of hydrogen-bond acceptors (Lipinski definition) is 6. The zero-order valence-corrected chi connectivity index (χ0v) is 14.0. The molecular formula is C17H17N5OS. The Morgan fingerprint density at radius 3 is 2.96 bits per heavy atom. The van der Waals surface area contributed by atoms with Crippen LogP contribution in [0, 0.1) is 0 Å². The van der Waals surface area contributed by atoms with Crippen molar-refractivity contribution in [2.24, 2.45) is 0 Å². The van der Waals surface area contributed by atoms with Gasteiger partial charge in [0.05, 0.1) is 24.0 Å². The van der Waals surface area contributed by atoms with Crippen LogP contribution in [-0.2, 0) is 25.8 Å². The van der Waals surface area contributed by atoms with E-state index >= 15 is 0 Å². The molecule has 0 unspecified atom stereocenters. The van der Waals surface area contributed by atoms with E-state index in [9.17, 15) is 4.79 Å². The van der Waals surface area contributed by atoms with Gasteiger partial charge in [0, 0.05) is 17.0 Å². The van der Waals surface area contributed by atoms with Crippen LogP contribution in [0.3, 0.4) is 0 Å². The first-order valence-electron chi connectivity index (χ1n) is 8.37. The van der Waals surface area contributed by atoms with Crippen LogP contribution in [0.2, 0.25) is 0 Å². The fraction of sp³-hybridized carbons (Fsp3) is 0.412. The highest BCUT2D eigenvalue weighted by atomic mass is 32.1. The molecule has 0 fully saturated rings. The summed E-state index contributed by atoms with van der Waals surface area (Å²) in [6, 6.07) is 0. The first-order valence-corrected chi connectivity index (χ1v) is 9.18. The zero-order chi connectivity index (χ0) is 16.1. The molecule has 5 rings (SSSR count). The summed E-state index contributed by atoms with van der Waals surface area (Å²) in [6.07, 6.45) is 8.66. The van der Waals surface area contributed by atoms with Crippen molar-refractivity contribution in [3.8, 4) is 0 Å². The Balaban J connectivity index is 1.63. The summed E-state index contributed by atoms with van der Waals surface area (Å²) in [5, 5.41) is 1.23. The van der Waals surface area contributed by atoms with Crippen molar-refractivity contribution in [1.82, 2.24) is 19.9 Å². The molecule has 0 aromatic carbocycles. The Labute approximate surface area is 142 Å². The number of anilines is 1. The van der Waals surface area contributed by atoms with E-state index in [0.29, 0.717) is 13.0 Å². The molecule has 7 heteroatoms. The summed E-state index contributed by atoms with van der Waals surface area (Å²) in [7, 11) is 0. The van der Waals surface area contributed by atoms with Gasteiger partial charge in [-0.25, -0.2) is 15.0 Å². The van der Waals surface area contributed by atoms with E-state index in [1.54, 1.807) is 6.33 Å². The zero-order valence-electron chi connectivity index (χ0n) is 13.2. The van der Waals surface area contributed by atoms with Crippen LogP contribution < -0.4 is 10.5 Å². The van der Waals surface area contributed by atoms with Crippen molar-refractivity contribution in [2.45, 2.75) is 38.6 Å². The number of nitrogens with zero attached hydrogens (tertiary/aromatic N) is 4. The maximum absolute atomic E-state index is 11.9. The first-order chi connectivity index (χ1) is 11.8. The Bertz CT molecular complexity index is 992. The molecule has 2 aliphatic rings. The molecule has 0 atom stereocenters. The molecule has 0 bridgehead atoms. The molecule has 0 radical (unpaired) electrons. The van der Waals surface area contributed by atoms with Crippen LogP contribution in [-0.4, -0.2) is 26.5 Å². The van der Waals surface area contributed by atoms with Crippen molar-refractivity contribution in [1.29, 1.82) is 0 Å². The summed E-state index contributed by atoms with van der Waals surface area (Å²) in [4.78, 5) is 32.9.